The number of hydrogen-bond donors (Lipinski definition) is 2. The van der Waals surface area contributed by atoms with Crippen LogP contribution >= 0.6 is 23.7 Å². The Kier molecular flexibility index (Phi) is 6.70. The fraction of sp³-hybridized carbons (Fsp3) is 0.688. The van der Waals surface area contributed by atoms with Gasteiger partial charge in [0.1, 0.15) is 0 Å². The Hall–Kier alpha value is -0.580. The van der Waals surface area contributed by atoms with E-state index in [-0.39, 0.29) is 18.3 Å². The number of thiophene rings is 1. The van der Waals surface area contributed by atoms with Gasteiger partial charge in [-0.3, -0.25) is 4.79 Å². The molecule has 1 aromatic rings. The topological polar surface area (TPSA) is 55.1 Å². The summed E-state index contributed by atoms with van der Waals surface area (Å²) >= 11 is 1.67. The van der Waals surface area contributed by atoms with Gasteiger partial charge in [-0.2, -0.15) is 0 Å². The molecule has 1 atom stereocenters. The maximum Gasteiger partial charge on any atom is 0.261 e. The number of hydrogen-bond acceptors (Lipinski definition) is 3. The minimum absolute atomic E-state index is 0. The van der Waals surface area contributed by atoms with Crippen LogP contribution in [0.25, 0.3) is 0 Å². The molecule has 1 aliphatic rings. The number of carbonyl (C=O) groups excluding carboxylic acids is 1. The molecule has 2 rings (SSSR count). The number of carbonyl (C=O) groups is 1. The predicted molar refractivity (Wildman–Crippen MR) is 92.5 cm³/mol. The lowest BCUT2D eigenvalue weighted by molar-refractivity contribution is 0.0957. The van der Waals surface area contributed by atoms with Crippen molar-refractivity contribution in [2.24, 2.45) is 17.1 Å². The lowest BCUT2D eigenvalue weighted by Crippen LogP contribution is -2.26. The lowest BCUT2D eigenvalue weighted by atomic mass is 9.72. The summed E-state index contributed by atoms with van der Waals surface area (Å²) in [5.74, 6) is 0.780. The van der Waals surface area contributed by atoms with Crippen molar-refractivity contribution in [1.82, 2.24) is 5.32 Å². The van der Waals surface area contributed by atoms with Crippen molar-refractivity contribution in [1.29, 1.82) is 0 Å². The van der Waals surface area contributed by atoms with Gasteiger partial charge in [0.2, 0.25) is 0 Å². The molecule has 3 nitrogen and oxygen atoms in total. The van der Waals surface area contributed by atoms with Crippen LogP contribution in [0.5, 0.6) is 0 Å². The van der Waals surface area contributed by atoms with Crippen molar-refractivity contribution in [3.63, 3.8) is 0 Å². The Labute approximate surface area is 138 Å². The van der Waals surface area contributed by atoms with Crippen LogP contribution in [0.15, 0.2) is 6.07 Å². The van der Waals surface area contributed by atoms with Crippen molar-refractivity contribution in [3.05, 3.63) is 21.4 Å². The molecular weight excluding hydrogens is 304 g/mol. The summed E-state index contributed by atoms with van der Waals surface area (Å²) in [6.07, 6.45) is 4.32. The van der Waals surface area contributed by atoms with Gasteiger partial charge in [-0.1, -0.05) is 20.8 Å². The molecule has 3 N–H and O–H groups in total. The molecule has 21 heavy (non-hydrogen) atoms. The molecule has 120 valence electrons. The zero-order valence-corrected chi connectivity index (χ0v) is 14.8. The Morgan fingerprint density at radius 1 is 1.48 bits per heavy atom. The van der Waals surface area contributed by atoms with Gasteiger partial charge in [-0.05, 0) is 55.2 Å². The molecule has 0 fully saturated rings. The molecule has 1 unspecified atom stereocenters. The van der Waals surface area contributed by atoms with E-state index in [0.29, 0.717) is 18.5 Å². The molecule has 1 heterocycles. The maximum absolute atomic E-state index is 12.1. The van der Waals surface area contributed by atoms with Crippen molar-refractivity contribution in [2.75, 3.05) is 13.1 Å². The second kappa shape index (κ2) is 7.61. The maximum atomic E-state index is 12.1. The van der Waals surface area contributed by atoms with Crippen LogP contribution < -0.4 is 11.1 Å². The second-order valence-corrected chi connectivity index (χ2v) is 7.90. The highest BCUT2D eigenvalue weighted by atomic mass is 35.5. The van der Waals surface area contributed by atoms with Gasteiger partial charge in [0.25, 0.3) is 5.91 Å². The molecule has 0 aliphatic heterocycles. The highest BCUT2D eigenvalue weighted by molar-refractivity contribution is 7.14. The van der Waals surface area contributed by atoms with E-state index in [1.165, 1.54) is 16.9 Å². The Balaban J connectivity index is 0.00000220. The van der Waals surface area contributed by atoms with E-state index in [9.17, 15) is 4.79 Å². The fourth-order valence-corrected chi connectivity index (χ4v) is 3.89. The van der Waals surface area contributed by atoms with Crippen LogP contribution in [0.2, 0.25) is 0 Å². The van der Waals surface area contributed by atoms with E-state index in [4.69, 9.17) is 5.73 Å². The summed E-state index contributed by atoms with van der Waals surface area (Å²) in [5, 5.41) is 2.94. The number of aryl methyl sites for hydroxylation is 1. The minimum Gasteiger partial charge on any atom is -0.351 e. The zero-order chi connectivity index (χ0) is 14.8. The first-order valence-corrected chi connectivity index (χ1v) is 8.33. The quantitative estimate of drug-likeness (QED) is 0.831. The number of amides is 1. The third kappa shape index (κ3) is 4.70. The summed E-state index contributed by atoms with van der Waals surface area (Å²) in [4.78, 5) is 14.3. The van der Waals surface area contributed by atoms with Crippen LogP contribution in [0.4, 0.5) is 0 Å². The molecule has 0 spiro atoms. The first-order valence-electron chi connectivity index (χ1n) is 7.51. The van der Waals surface area contributed by atoms with E-state index in [1.54, 1.807) is 11.3 Å². The highest BCUT2D eigenvalue weighted by Gasteiger charge is 2.30. The fourth-order valence-electron chi connectivity index (χ4n) is 2.77. The van der Waals surface area contributed by atoms with Gasteiger partial charge in [-0.25, -0.2) is 0 Å². The average molecular weight is 331 g/mol. The van der Waals surface area contributed by atoms with E-state index in [0.717, 1.165) is 30.1 Å². The zero-order valence-electron chi connectivity index (χ0n) is 13.2. The second-order valence-electron chi connectivity index (χ2n) is 6.76. The van der Waals surface area contributed by atoms with E-state index in [1.807, 2.05) is 0 Å². The molecule has 1 amide bonds. The first kappa shape index (κ1) is 18.5. The molecule has 0 radical (unpaired) electrons. The predicted octanol–water partition coefficient (Wildman–Crippen LogP) is 3.40. The molecule has 0 saturated heterocycles. The van der Waals surface area contributed by atoms with Crippen molar-refractivity contribution >= 4 is 29.7 Å². The summed E-state index contributed by atoms with van der Waals surface area (Å²) in [6.45, 7) is 8.23. The third-order valence-corrected chi connectivity index (χ3v) is 5.43. The number of fused-ring (bicyclic) bond motifs is 1. The van der Waals surface area contributed by atoms with Gasteiger partial charge in [0.15, 0.2) is 0 Å². The summed E-state index contributed by atoms with van der Waals surface area (Å²) in [6, 6.07) is 2.11. The van der Waals surface area contributed by atoms with Crippen molar-refractivity contribution in [3.8, 4) is 0 Å². The van der Waals surface area contributed by atoms with Crippen LogP contribution in [-0.4, -0.2) is 19.0 Å². The van der Waals surface area contributed by atoms with Crippen LogP contribution in [-0.2, 0) is 12.8 Å². The van der Waals surface area contributed by atoms with Gasteiger partial charge in [0, 0.05) is 11.4 Å². The molecule has 1 aliphatic carbocycles. The standard InChI is InChI=1S/C16H26N2OS.ClH/c1-16(2,3)12-5-6-13-11(9-12)10-14(20-13)15(19)18-8-4-7-17;/h10,12H,4-9,17H2,1-3H3,(H,18,19);1H. The summed E-state index contributed by atoms with van der Waals surface area (Å²) in [7, 11) is 0. The summed E-state index contributed by atoms with van der Waals surface area (Å²) in [5.41, 5.74) is 7.18. The molecule has 5 heteroatoms. The number of nitrogens with one attached hydrogen (secondary N) is 1. The van der Waals surface area contributed by atoms with Crippen molar-refractivity contribution in [2.45, 2.75) is 46.5 Å². The normalized spacial score (nSPS) is 17.8. The molecule has 0 bridgehead atoms. The number of nitrogens with two attached hydrogens (primary N) is 1. The molecule has 1 aromatic heterocycles. The minimum atomic E-state index is 0. The highest BCUT2D eigenvalue weighted by Crippen LogP contribution is 2.39. The Morgan fingerprint density at radius 2 is 2.19 bits per heavy atom. The van der Waals surface area contributed by atoms with Crippen LogP contribution in [0, 0.1) is 11.3 Å². The van der Waals surface area contributed by atoms with Crippen molar-refractivity contribution < 1.29 is 4.79 Å². The number of halogens is 1. The van der Waals surface area contributed by atoms with Gasteiger partial charge < -0.3 is 11.1 Å². The van der Waals surface area contributed by atoms with Gasteiger partial charge >= 0.3 is 0 Å². The molecular formula is C16H27ClN2OS. The average Bonchev–Trinajstić information content (AvgIpc) is 2.80. The Bertz CT molecular complexity index is 479. The van der Waals surface area contributed by atoms with Gasteiger partial charge in [0.05, 0.1) is 4.88 Å². The SMILES string of the molecule is CC(C)(C)C1CCc2sc(C(=O)NCCCN)cc2C1.Cl. The van der Waals surface area contributed by atoms with E-state index >= 15 is 0 Å². The number of rotatable bonds is 4. The van der Waals surface area contributed by atoms with E-state index in [2.05, 4.69) is 32.2 Å². The van der Waals surface area contributed by atoms with Crippen LogP contribution in [0.1, 0.15) is 53.7 Å². The first-order chi connectivity index (χ1) is 9.41. The lowest BCUT2D eigenvalue weighted by Gasteiger charge is -2.33. The van der Waals surface area contributed by atoms with Gasteiger partial charge in [-0.15, -0.1) is 23.7 Å². The largest absolute Gasteiger partial charge is 0.351 e. The third-order valence-electron chi connectivity index (χ3n) is 4.20. The molecule has 0 aromatic carbocycles. The monoisotopic (exact) mass is 330 g/mol. The van der Waals surface area contributed by atoms with E-state index < -0.39 is 0 Å². The van der Waals surface area contributed by atoms with Crippen LogP contribution in [0.3, 0.4) is 0 Å². The summed E-state index contributed by atoms with van der Waals surface area (Å²) < 4.78 is 0. The Morgan fingerprint density at radius 3 is 2.81 bits per heavy atom. The molecule has 0 saturated carbocycles. The smallest absolute Gasteiger partial charge is 0.261 e.